The summed E-state index contributed by atoms with van der Waals surface area (Å²) >= 11 is 0. The van der Waals surface area contributed by atoms with Gasteiger partial charge >= 0.3 is 12.0 Å². The fraction of sp³-hybridized carbons (Fsp3) is 0.216. The summed E-state index contributed by atoms with van der Waals surface area (Å²) in [7, 11) is 0. The van der Waals surface area contributed by atoms with Crippen molar-refractivity contribution in [3.8, 4) is 11.1 Å². The minimum Gasteiger partial charge on any atom is -0.599 e. The third-order valence-electron chi connectivity index (χ3n) is 7.93. The lowest BCUT2D eigenvalue weighted by Crippen LogP contribution is -2.43. The monoisotopic (exact) mass is 646 g/mol. The molecule has 0 aromatic heterocycles. The number of aliphatic imine (C=N–C) groups is 1. The molecule has 0 saturated carbocycles. The van der Waals surface area contributed by atoms with E-state index in [2.05, 4.69) is 26.2 Å². The van der Waals surface area contributed by atoms with Gasteiger partial charge in [0, 0.05) is 12.5 Å². The van der Waals surface area contributed by atoms with E-state index < -0.39 is 42.6 Å². The Morgan fingerprint density at radius 3 is 1.92 bits per heavy atom. The first-order valence-corrected chi connectivity index (χ1v) is 15.7. The Morgan fingerprint density at radius 2 is 1.38 bits per heavy atom. The number of fused-ring (bicyclic) bond motifs is 3. The van der Waals surface area contributed by atoms with Crippen LogP contribution in [0.25, 0.3) is 11.1 Å². The number of carbonyl (C=O) groups excluding carboxylic acids is 2. The fourth-order valence-corrected chi connectivity index (χ4v) is 5.74. The van der Waals surface area contributed by atoms with Crippen molar-refractivity contribution in [2.45, 2.75) is 37.8 Å². The van der Waals surface area contributed by atoms with Gasteiger partial charge in [0.1, 0.15) is 24.4 Å². The van der Waals surface area contributed by atoms with E-state index in [1.807, 2.05) is 116 Å². The number of amides is 3. The van der Waals surface area contributed by atoms with Crippen molar-refractivity contribution >= 4 is 29.7 Å². The molecule has 48 heavy (non-hydrogen) atoms. The van der Waals surface area contributed by atoms with Gasteiger partial charge in [-0.05, 0) is 39.8 Å². The Balaban J connectivity index is 1.36. The molecule has 1 aliphatic carbocycles. The third kappa shape index (κ3) is 8.24. The van der Waals surface area contributed by atoms with Gasteiger partial charge in [-0.1, -0.05) is 123 Å². The number of carboxylic acid groups (broad SMARTS) is 1. The molecule has 11 nitrogen and oxygen atoms in total. The minimum atomic E-state index is -1.28. The summed E-state index contributed by atoms with van der Waals surface area (Å²) < 4.78 is 5.63. The molecule has 0 heterocycles. The van der Waals surface area contributed by atoms with Crippen molar-refractivity contribution in [2.24, 2.45) is 10.1 Å². The second-order valence-corrected chi connectivity index (χ2v) is 11.2. The van der Waals surface area contributed by atoms with E-state index in [0.29, 0.717) is 6.42 Å². The van der Waals surface area contributed by atoms with E-state index >= 15 is 0 Å². The predicted molar refractivity (Wildman–Crippen MR) is 180 cm³/mol. The lowest BCUT2D eigenvalue weighted by molar-refractivity contribution is -0.251. The van der Waals surface area contributed by atoms with Gasteiger partial charge in [0.2, 0.25) is 0 Å². The molecule has 246 valence electrons. The highest BCUT2D eigenvalue weighted by atomic mass is 16.6. The highest BCUT2D eigenvalue weighted by Crippen LogP contribution is 2.44. The molecule has 0 spiro atoms. The third-order valence-corrected chi connectivity index (χ3v) is 7.93. The van der Waals surface area contributed by atoms with Crippen LogP contribution in [0.5, 0.6) is 0 Å². The van der Waals surface area contributed by atoms with Gasteiger partial charge < -0.3 is 25.6 Å². The number of rotatable bonds is 13. The van der Waals surface area contributed by atoms with E-state index in [4.69, 9.17) is 9.84 Å². The summed E-state index contributed by atoms with van der Waals surface area (Å²) in [5, 5.41) is 31.5. The Morgan fingerprint density at radius 1 is 0.833 bits per heavy atom. The van der Waals surface area contributed by atoms with Gasteiger partial charge in [0.25, 0.3) is 5.91 Å². The zero-order valence-corrected chi connectivity index (χ0v) is 26.3. The second-order valence-electron chi connectivity index (χ2n) is 11.2. The van der Waals surface area contributed by atoms with E-state index in [0.717, 1.165) is 33.4 Å². The molecule has 4 aromatic rings. The smallest absolute Gasteiger partial charge is 0.335 e. The normalized spacial score (nSPS) is 13.3. The van der Waals surface area contributed by atoms with E-state index in [9.17, 15) is 19.5 Å². The zero-order valence-electron chi connectivity index (χ0n) is 26.3. The molecule has 4 aromatic carbocycles. The molecule has 0 bridgehead atoms. The molecule has 4 N–H and O–H groups in total. The standard InChI is InChI=1S/C37H37N5O6/c1-2-13-31(39-37(47)48-23-30-28-20-11-9-18-26(28)27-19-10-12-21-29(27)30)34(35(45)38-22-32(43)44)41-42-36(46)40-33(24-14-5-3-6-15-24)25-16-7-4-8-17-25/h3-12,14-21,30-31,33H,2,13,22-23H2,1H3,(H,38,45)(H,39,47)(H,43,44)(H2,40,42,46)/p-1/t31-/m0/s1. The summed E-state index contributed by atoms with van der Waals surface area (Å²) in [6.45, 7) is 1.16. The SMILES string of the molecule is CCC[C@H](N=C([O-])OCC1c2ccccc2-c2ccccc21)C(=NNC(=O)NC(c1ccccc1)c1ccccc1)C(=O)NCC(=O)O. The summed E-state index contributed by atoms with van der Waals surface area (Å²) in [6.07, 6.45) is -0.220. The van der Waals surface area contributed by atoms with Crippen molar-refractivity contribution in [3.05, 3.63) is 131 Å². The number of hydrogen-bond acceptors (Lipinski definition) is 7. The fourth-order valence-electron chi connectivity index (χ4n) is 5.74. The van der Waals surface area contributed by atoms with Gasteiger partial charge in [-0.2, -0.15) is 5.10 Å². The number of urea groups is 1. The predicted octanol–water partition coefficient (Wildman–Crippen LogP) is 4.35. The van der Waals surface area contributed by atoms with Crippen LogP contribution in [0.3, 0.4) is 0 Å². The molecule has 0 saturated heterocycles. The summed E-state index contributed by atoms with van der Waals surface area (Å²) in [5.41, 5.74) is 7.86. The van der Waals surface area contributed by atoms with E-state index in [1.54, 1.807) is 0 Å². The first kappa shape index (κ1) is 33.4. The van der Waals surface area contributed by atoms with Crippen molar-refractivity contribution in [1.29, 1.82) is 0 Å². The maximum absolute atomic E-state index is 13.2. The average molecular weight is 647 g/mol. The van der Waals surface area contributed by atoms with Crippen LogP contribution in [0.2, 0.25) is 0 Å². The number of ether oxygens (including phenoxy) is 1. The molecule has 11 heteroatoms. The van der Waals surface area contributed by atoms with E-state index in [1.165, 1.54) is 0 Å². The second kappa shape index (κ2) is 16.0. The molecule has 1 aliphatic rings. The zero-order chi connectivity index (χ0) is 33.9. The van der Waals surface area contributed by atoms with Crippen LogP contribution in [-0.2, 0) is 14.3 Å². The maximum atomic E-state index is 13.2. The number of carbonyl (C=O) groups is 3. The van der Waals surface area contributed by atoms with Crippen molar-refractivity contribution in [2.75, 3.05) is 13.2 Å². The quantitative estimate of drug-likeness (QED) is 0.0959. The van der Waals surface area contributed by atoms with Crippen molar-refractivity contribution in [1.82, 2.24) is 16.1 Å². The Bertz CT molecular complexity index is 1710. The average Bonchev–Trinajstić information content (AvgIpc) is 3.43. The molecule has 5 rings (SSSR count). The number of aliphatic carboxylic acids is 1. The number of nitrogens with zero attached hydrogens (tertiary/aromatic N) is 2. The van der Waals surface area contributed by atoms with Crippen LogP contribution in [0.1, 0.15) is 54.0 Å². The highest BCUT2D eigenvalue weighted by Gasteiger charge is 2.28. The summed E-state index contributed by atoms with van der Waals surface area (Å²) in [6, 6.07) is 32.1. The van der Waals surface area contributed by atoms with Gasteiger partial charge in [-0.15, -0.1) is 0 Å². The van der Waals surface area contributed by atoms with Crippen LogP contribution in [0, 0.1) is 0 Å². The van der Waals surface area contributed by atoms with Crippen LogP contribution in [-0.4, -0.2) is 54.0 Å². The molecule has 0 radical (unpaired) electrons. The maximum Gasteiger partial charge on any atom is 0.335 e. The van der Waals surface area contributed by atoms with Crippen molar-refractivity contribution in [3.63, 3.8) is 0 Å². The van der Waals surface area contributed by atoms with Gasteiger partial charge in [0.15, 0.2) is 0 Å². The molecule has 1 atom stereocenters. The summed E-state index contributed by atoms with van der Waals surface area (Å²) in [4.78, 5) is 41.7. The summed E-state index contributed by atoms with van der Waals surface area (Å²) in [5.74, 6) is -2.36. The number of hydrazone groups is 1. The highest BCUT2D eigenvalue weighted by molar-refractivity contribution is 6.41. The minimum absolute atomic E-state index is 0.0217. The first-order chi connectivity index (χ1) is 23.4. The number of benzene rings is 4. The molecular formula is C37H36N5O6-. The lowest BCUT2D eigenvalue weighted by atomic mass is 9.98. The molecule has 0 unspecified atom stereocenters. The van der Waals surface area contributed by atoms with Gasteiger partial charge in [-0.3, -0.25) is 14.6 Å². The molecule has 0 aliphatic heterocycles. The first-order valence-electron chi connectivity index (χ1n) is 15.7. The Kier molecular flexibility index (Phi) is 11.2. The topological polar surface area (TPSA) is 165 Å². The molecular weight excluding hydrogens is 610 g/mol. The van der Waals surface area contributed by atoms with Crippen molar-refractivity contribution < 1.29 is 29.3 Å². The van der Waals surface area contributed by atoms with Crippen LogP contribution in [0.15, 0.2) is 119 Å². The van der Waals surface area contributed by atoms with Gasteiger partial charge in [0.05, 0.1) is 6.04 Å². The van der Waals surface area contributed by atoms with Crippen LogP contribution >= 0.6 is 0 Å². The largest absolute Gasteiger partial charge is 0.599 e. The van der Waals surface area contributed by atoms with Crippen LogP contribution in [0.4, 0.5) is 4.79 Å². The lowest BCUT2D eigenvalue weighted by Gasteiger charge is -2.23. The Hall–Kier alpha value is -5.97. The van der Waals surface area contributed by atoms with Crippen LogP contribution < -0.4 is 21.2 Å². The number of carboxylic acids is 1. The number of nitrogens with one attached hydrogen (secondary N) is 3. The number of hydrogen-bond donors (Lipinski definition) is 4. The van der Waals surface area contributed by atoms with Gasteiger partial charge in [-0.25, -0.2) is 10.2 Å². The van der Waals surface area contributed by atoms with E-state index in [-0.39, 0.29) is 24.7 Å². The molecule has 0 fully saturated rings. The Labute approximate surface area is 278 Å². The molecule has 3 amide bonds.